The molecule has 19 heavy (non-hydrogen) atoms. The van der Waals surface area contributed by atoms with E-state index in [4.69, 9.17) is 10.5 Å². The number of anilines is 1. The fraction of sp³-hybridized carbons (Fsp3) is 0.400. The van der Waals surface area contributed by atoms with E-state index >= 15 is 0 Å². The molecule has 0 atom stereocenters. The molecule has 4 heteroatoms. The van der Waals surface area contributed by atoms with Gasteiger partial charge in [0.2, 0.25) is 0 Å². The second-order valence-electron chi connectivity index (χ2n) is 5.06. The van der Waals surface area contributed by atoms with Gasteiger partial charge in [0.1, 0.15) is 12.4 Å². The summed E-state index contributed by atoms with van der Waals surface area (Å²) in [6.07, 6.45) is 7.83. The molecule has 0 spiro atoms. The third-order valence-corrected chi connectivity index (χ3v) is 3.75. The SMILES string of the molecule is Nc1ccc(OCCn2cncc2C2CCC2)cc1. The zero-order valence-corrected chi connectivity index (χ0v) is 11.0. The third kappa shape index (κ3) is 2.72. The maximum atomic E-state index is 5.72. The van der Waals surface area contributed by atoms with Crippen LogP contribution in [0.4, 0.5) is 5.69 Å². The molecular formula is C15H19N3O. The van der Waals surface area contributed by atoms with Crippen LogP contribution in [-0.4, -0.2) is 16.2 Å². The molecule has 3 rings (SSSR count). The lowest BCUT2D eigenvalue weighted by atomic mass is 9.83. The first-order valence-electron chi connectivity index (χ1n) is 6.81. The van der Waals surface area contributed by atoms with Gasteiger partial charge in [-0.05, 0) is 37.1 Å². The number of nitrogens with two attached hydrogens (primary N) is 1. The van der Waals surface area contributed by atoms with E-state index in [9.17, 15) is 0 Å². The Bertz CT molecular complexity index is 529. The van der Waals surface area contributed by atoms with E-state index in [0.717, 1.165) is 18.0 Å². The van der Waals surface area contributed by atoms with Crippen LogP contribution in [0.5, 0.6) is 5.75 Å². The van der Waals surface area contributed by atoms with Gasteiger partial charge in [-0.15, -0.1) is 0 Å². The summed E-state index contributed by atoms with van der Waals surface area (Å²) in [5, 5.41) is 0. The summed E-state index contributed by atoms with van der Waals surface area (Å²) >= 11 is 0. The lowest BCUT2D eigenvalue weighted by molar-refractivity contribution is 0.291. The number of imidazole rings is 1. The standard InChI is InChI=1S/C15H19N3O/c16-13-4-6-14(7-5-13)19-9-8-18-11-17-10-15(18)12-2-1-3-12/h4-7,10-12H,1-3,8-9,16H2. The molecule has 1 aliphatic rings. The molecule has 0 aliphatic heterocycles. The summed E-state index contributed by atoms with van der Waals surface area (Å²) in [6, 6.07) is 7.50. The normalized spacial score (nSPS) is 15.2. The lowest BCUT2D eigenvalue weighted by Gasteiger charge is -2.26. The Balaban J connectivity index is 1.54. The van der Waals surface area contributed by atoms with Crippen molar-refractivity contribution in [3.05, 3.63) is 42.5 Å². The molecule has 2 aromatic rings. The van der Waals surface area contributed by atoms with Crippen LogP contribution >= 0.6 is 0 Å². The number of hydrogen-bond donors (Lipinski definition) is 1. The van der Waals surface area contributed by atoms with Crippen molar-refractivity contribution >= 4 is 5.69 Å². The number of aromatic nitrogens is 2. The predicted molar refractivity (Wildman–Crippen MR) is 75.2 cm³/mol. The Morgan fingerprint density at radius 2 is 2.05 bits per heavy atom. The Labute approximate surface area is 113 Å². The Kier molecular flexibility index (Phi) is 3.40. The van der Waals surface area contributed by atoms with Gasteiger partial charge in [0.15, 0.2) is 0 Å². The van der Waals surface area contributed by atoms with Gasteiger partial charge in [-0.1, -0.05) is 6.42 Å². The van der Waals surface area contributed by atoms with Crippen molar-refractivity contribution in [1.82, 2.24) is 9.55 Å². The van der Waals surface area contributed by atoms with E-state index in [2.05, 4.69) is 9.55 Å². The van der Waals surface area contributed by atoms with Gasteiger partial charge in [0.25, 0.3) is 0 Å². The fourth-order valence-corrected chi connectivity index (χ4v) is 2.39. The summed E-state index contributed by atoms with van der Waals surface area (Å²) in [6.45, 7) is 1.50. The molecule has 0 saturated heterocycles. The van der Waals surface area contributed by atoms with Crippen LogP contribution in [0, 0.1) is 0 Å². The van der Waals surface area contributed by atoms with Crippen molar-refractivity contribution < 1.29 is 4.74 Å². The van der Waals surface area contributed by atoms with Crippen molar-refractivity contribution in [3.63, 3.8) is 0 Å². The Hall–Kier alpha value is -1.97. The maximum absolute atomic E-state index is 5.72. The third-order valence-electron chi connectivity index (χ3n) is 3.75. The number of ether oxygens (including phenoxy) is 1. The van der Waals surface area contributed by atoms with Crippen LogP contribution in [-0.2, 0) is 6.54 Å². The van der Waals surface area contributed by atoms with Crippen LogP contribution in [0.15, 0.2) is 36.8 Å². The smallest absolute Gasteiger partial charge is 0.119 e. The molecule has 1 aliphatic carbocycles. The van der Waals surface area contributed by atoms with Crippen molar-refractivity contribution in [3.8, 4) is 5.75 Å². The Morgan fingerprint density at radius 3 is 2.74 bits per heavy atom. The molecular weight excluding hydrogens is 238 g/mol. The van der Waals surface area contributed by atoms with Gasteiger partial charge in [0.05, 0.1) is 12.9 Å². The zero-order chi connectivity index (χ0) is 13.1. The van der Waals surface area contributed by atoms with E-state index in [1.165, 1.54) is 25.0 Å². The average Bonchev–Trinajstić information content (AvgIpc) is 2.78. The molecule has 4 nitrogen and oxygen atoms in total. The van der Waals surface area contributed by atoms with Gasteiger partial charge >= 0.3 is 0 Å². The van der Waals surface area contributed by atoms with Gasteiger partial charge in [-0.3, -0.25) is 0 Å². The van der Waals surface area contributed by atoms with Gasteiger partial charge in [-0.2, -0.15) is 0 Å². The zero-order valence-electron chi connectivity index (χ0n) is 11.0. The molecule has 1 fully saturated rings. The number of nitrogens with zero attached hydrogens (tertiary/aromatic N) is 2. The molecule has 1 aromatic carbocycles. The highest BCUT2D eigenvalue weighted by atomic mass is 16.5. The molecule has 0 amide bonds. The number of nitrogen functional groups attached to an aromatic ring is 1. The first-order chi connectivity index (χ1) is 9.33. The largest absolute Gasteiger partial charge is 0.492 e. The average molecular weight is 257 g/mol. The van der Waals surface area contributed by atoms with E-state index in [1.807, 2.05) is 36.8 Å². The molecule has 100 valence electrons. The van der Waals surface area contributed by atoms with Gasteiger partial charge in [0, 0.05) is 23.5 Å². The van der Waals surface area contributed by atoms with Crippen LogP contribution in [0.1, 0.15) is 30.9 Å². The molecule has 2 N–H and O–H groups in total. The molecule has 1 heterocycles. The molecule has 0 radical (unpaired) electrons. The maximum Gasteiger partial charge on any atom is 0.119 e. The quantitative estimate of drug-likeness (QED) is 0.838. The number of benzene rings is 1. The molecule has 1 aromatic heterocycles. The van der Waals surface area contributed by atoms with Gasteiger partial charge in [-0.25, -0.2) is 4.98 Å². The minimum absolute atomic E-state index is 0.653. The first kappa shape index (κ1) is 12.1. The first-order valence-corrected chi connectivity index (χ1v) is 6.81. The monoisotopic (exact) mass is 257 g/mol. The van der Waals surface area contributed by atoms with Crippen LogP contribution in [0.2, 0.25) is 0 Å². The Morgan fingerprint density at radius 1 is 1.26 bits per heavy atom. The second kappa shape index (κ2) is 5.34. The highest BCUT2D eigenvalue weighted by Gasteiger charge is 2.22. The highest BCUT2D eigenvalue weighted by molar-refractivity contribution is 5.41. The van der Waals surface area contributed by atoms with Crippen LogP contribution in [0.3, 0.4) is 0 Å². The van der Waals surface area contributed by atoms with Crippen LogP contribution in [0.25, 0.3) is 0 Å². The topological polar surface area (TPSA) is 53.1 Å². The number of hydrogen-bond acceptors (Lipinski definition) is 3. The molecule has 0 unspecified atom stereocenters. The summed E-state index contributed by atoms with van der Waals surface area (Å²) < 4.78 is 7.93. The fourth-order valence-electron chi connectivity index (χ4n) is 2.39. The van der Waals surface area contributed by atoms with E-state index in [-0.39, 0.29) is 0 Å². The molecule has 0 bridgehead atoms. The minimum atomic E-state index is 0.653. The second-order valence-corrected chi connectivity index (χ2v) is 5.06. The highest BCUT2D eigenvalue weighted by Crippen LogP contribution is 2.35. The predicted octanol–water partition coefficient (Wildman–Crippen LogP) is 2.81. The summed E-state index contributed by atoms with van der Waals surface area (Å²) in [7, 11) is 0. The summed E-state index contributed by atoms with van der Waals surface area (Å²) in [5.74, 6) is 1.57. The van der Waals surface area contributed by atoms with Crippen molar-refractivity contribution in [1.29, 1.82) is 0 Å². The van der Waals surface area contributed by atoms with E-state index < -0.39 is 0 Å². The summed E-state index contributed by atoms with van der Waals surface area (Å²) in [5.41, 5.74) is 7.75. The van der Waals surface area contributed by atoms with Crippen molar-refractivity contribution in [2.45, 2.75) is 31.7 Å². The van der Waals surface area contributed by atoms with Crippen molar-refractivity contribution in [2.24, 2.45) is 0 Å². The van der Waals surface area contributed by atoms with Crippen molar-refractivity contribution in [2.75, 3.05) is 12.3 Å². The number of rotatable bonds is 5. The minimum Gasteiger partial charge on any atom is -0.492 e. The lowest BCUT2D eigenvalue weighted by Crippen LogP contribution is -2.16. The van der Waals surface area contributed by atoms with Crippen LogP contribution < -0.4 is 10.5 Å². The molecule has 1 saturated carbocycles. The van der Waals surface area contributed by atoms with E-state index in [0.29, 0.717) is 12.5 Å². The summed E-state index contributed by atoms with van der Waals surface area (Å²) in [4.78, 5) is 4.25. The van der Waals surface area contributed by atoms with Gasteiger partial charge < -0.3 is 15.0 Å². The van der Waals surface area contributed by atoms with E-state index in [1.54, 1.807) is 0 Å².